The van der Waals surface area contributed by atoms with Crippen molar-refractivity contribution in [1.82, 2.24) is 5.32 Å². The van der Waals surface area contributed by atoms with E-state index in [1.165, 1.54) is 36.0 Å². The van der Waals surface area contributed by atoms with Gasteiger partial charge in [-0.1, -0.05) is 48.5 Å². The Morgan fingerprint density at radius 3 is 2.34 bits per heavy atom. The summed E-state index contributed by atoms with van der Waals surface area (Å²) >= 11 is 1.53. The largest absolute Gasteiger partial charge is 0.351 e. The predicted octanol–water partition coefficient (Wildman–Crippen LogP) is 4.90. The number of anilines is 1. The van der Waals surface area contributed by atoms with Crippen LogP contribution in [-0.2, 0) is 15.8 Å². The highest BCUT2D eigenvalue weighted by Gasteiger charge is 2.08. The molecule has 2 N–H and O–H groups in total. The van der Waals surface area contributed by atoms with Crippen LogP contribution in [0.25, 0.3) is 6.08 Å². The van der Waals surface area contributed by atoms with Crippen molar-refractivity contribution in [3.05, 3.63) is 107 Å². The Bertz CT molecular complexity index is 1170. The van der Waals surface area contributed by atoms with E-state index in [0.717, 1.165) is 11.0 Å². The molecule has 0 saturated carbocycles. The van der Waals surface area contributed by atoms with Gasteiger partial charge >= 0.3 is 0 Å². The zero-order valence-electron chi connectivity index (χ0n) is 17.2. The average molecular weight is 471 g/mol. The fourth-order valence-corrected chi connectivity index (χ4v) is 4.47. The molecule has 1 amide bonds. The maximum absolute atomic E-state index is 13.6. The van der Waals surface area contributed by atoms with Gasteiger partial charge in [0.1, 0.15) is 5.82 Å². The van der Waals surface area contributed by atoms with Gasteiger partial charge < -0.3 is 5.32 Å². The minimum Gasteiger partial charge on any atom is -0.351 e. The van der Waals surface area contributed by atoms with Crippen molar-refractivity contribution in [2.45, 2.75) is 5.75 Å². The summed E-state index contributed by atoms with van der Waals surface area (Å²) in [7, 11) is -3.67. The Labute approximate surface area is 191 Å². The quantitative estimate of drug-likeness (QED) is 0.413. The molecular weight excluding hydrogens is 447 g/mol. The molecule has 32 heavy (non-hydrogen) atoms. The minimum absolute atomic E-state index is 0.227. The molecule has 0 bridgehead atoms. The lowest BCUT2D eigenvalue weighted by Crippen LogP contribution is -2.25. The number of hydrogen-bond donors (Lipinski definition) is 2. The van der Waals surface area contributed by atoms with Crippen LogP contribution in [0.3, 0.4) is 0 Å². The van der Waals surface area contributed by atoms with Crippen molar-refractivity contribution >= 4 is 39.5 Å². The molecule has 0 aromatic heterocycles. The van der Waals surface area contributed by atoms with Crippen LogP contribution in [0, 0.1) is 5.82 Å². The molecule has 0 aliphatic rings. The zero-order valence-corrected chi connectivity index (χ0v) is 18.8. The molecule has 3 rings (SSSR count). The molecule has 0 fully saturated rings. The van der Waals surface area contributed by atoms with Crippen LogP contribution in [0.2, 0.25) is 0 Å². The molecule has 8 heteroatoms. The van der Waals surface area contributed by atoms with Gasteiger partial charge in [-0.15, -0.1) is 0 Å². The first-order valence-electron chi connectivity index (χ1n) is 9.88. The molecule has 3 aromatic rings. The lowest BCUT2D eigenvalue weighted by Gasteiger charge is -2.08. The predicted molar refractivity (Wildman–Crippen MR) is 129 cm³/mol. The topological polar surface area (TPSA) is 75.3 Å². The van der Waals surface area contributed by atoms with Crippen LogP contribution >= 0.6 is 11.8 Å². The van der Waals surface area contributed by atoms with E-state index in [-0.39, 0.29) is 11.7 Å². The molecule has 3 aromatic carbocycles. The van der Waals surface area contributed by atoms with E-state index in [4.69, 9.17) is 0 Å². The molecule has 0 spiro atoms. The fraction of sp³-hybridized carbons (Fsp3) is 0.125. The summed E-state index contributed by atoms with van der Waals surface area (Å²) < 4.78 is 40.5. The summed E-state index contributed by atoms with van der Waals surface area (Å²) in [6.07, 6.45) is 1.51. The molecular formula is C24H23FN2O3S2. The molecule has 0 atom stereocenters. The molecule has 0 saturated heterocycles. The monoisotopic (exact) mass is 470 g/mol. The Hall–Kier alpha value is -3.10. The van der Waals surface area contributed by atoms with Gasteiger partial charge in [0.05, 0.1) is 5.41 Å². The summed E-state index contributed by atoms with van der Waals surface area (Å²) in [5, 5.41) is 3.90. The lowest BCUT2D eigenvalue weighted by molar-refractivity contribution is 0.0956. The molecule has 166 valence electrons. The summed E-state index contributed by atoms with van der Waals surface area (Å²) in [4.78, 5) is 12.3. The number of thioether (sulfide) groups is 1. The van der Waals surface area contributed by atoms with Crippen LogP contribution in [0.1, 0.15) is 21.5 Å². The summed E-state index contributed by atoms with van der Waals surface area (Å²) in [5.74, 6) is 0.701. The Morgan fingerprint density at radius 2 is 1.62 bits per heavy atom. The van der Waals surface area contributed by atoms with Gasteiger partial charge in [-0.2, -0.15) is 11.8 Å². The standard InChI is InChI=1S/C24H23FN2O3S2/c25-23-9-5-4-8-21(23)18-31-16-15-26-24(28)20-10-12-22(13-11-20)27-32(29,30)17-14-19-6-2-1-3-7-19/h1-14,17,27H,15-16,18H2,(H,26,28)/b17-14+. The second-order valence-electron chi connectivity index (χ2n) is 6.84. The number of benzene rings is 3. The number of rotatable bonds is 10. The van der Waals surface area contributed by atoms with E-state index in [0.29, 0.717) is 34.9 Å². The van der Waals surface area contributed by atoms with Crippen LogP contribution in [0.5, 0.6) is 0 Å². The van der Waals surface area contributed by atoms with Crippen molar-refractivity contribution in [1.29, 1.82) is 0 Å². The van der Waals surface area contributed by atoms with E-state index < -0.39 is 10.0 Å². The Morgan fingerprint density at radius 1 is 0.938 bits per heavy atom. The first-order chi connectivity index (χ1) is 15.4. The first kappa shape index (κ1) is 23.6. The highest BCUT2D eigenvalue weighted by molar-refractivity contribution is 7.98. The lowest BCUT2D eigenvalue weighted by atomic mass is 10.2. The molecule has 0 unspecified atom stereocenters. The van der Waals surface area contributed by atoms with E-state index in [2.05, 4.69) is 10.0 Å². The maximum atomic E-state index is 13.6. The van der Waals surface area contributed by atoms with Gasteiger partial charge in [-0.25, -0.2) is 12.8 Å². The zero-order chi connectivity index (χ0) is 22.8. The highest BCUT2D eigenvalue weighted by Crippen LogP contribution is 2.15. The maximum Gasteiger partial charge on any atom is 0.255 e. The SMILES string of the molecule is O=C(NCCSCc1ccccc1F)c1ccc(NS(=O)(=O)/C=C/c2ccccc2)cc1. The normalized spacial score (nSPS) is 11.4. The van der Waals surface area contributed by atoms with Crippen LogP contribution in [0.4, 0.5) is 10.1 Å². The van der Waals surface area contributed by atoms with Gasteiger partial charge in [0.2, 0.25) is 0 Å². The smallest absolute Gasteiger partial charge is 0.255 e. The third-order valence-corrected chi connectivity index (χ3v) is 6.42. The summed E-state index contributed by atoms with van der Waals surface area (Å²) in [6, 6.07) is 21.9. The van der Waals surface area contributed by atoms with E-state index in [9.17, 15) is 17.6 Å². The van der Waals surface area contributed by atoms with Crippen LogP contribution in [-0.4, -0.2) is 26.6 Å². The minimum atomic E-state index is -3.67. The molecule has 0 aliphatic carbocycles. The number of nitrogens with one attached hydrogen (secondary N) is 2. The first-order valence-corrected chi connectivity index (χ1v) is 12.6. The van der Waals surface area contributed by atoms with Crippen molar-refractivity contribution < 1.29 is 17.6 Å². The molecule has 0 radical (unpaired) electrons. The van der Waals surface area contributed by atoms with Gasteiger partial charge in [-0.05, 0) is 47.5 Å². The molecule has 0 aliphatic heterocycles. The van der Waals surface area contributed by atoms with E-state index >= 15 is 0 Å². The fourth-order valence-electron chi connectivity index (χ4n) is 2.76. The molecule has 0 heterocycles. The summed E-state index contributed by atoms with van der Waals surface area (Å²) in [6.45, 7) is 0.441. The van der Waals surface area contributed by atoms with Crippen LogP contribution in [0.15, 0.2) is 84.3 Å². The molecule has 5 nitrogen and oxygen atoms in total. The van der Waals surface area contributed by atoms with Crippen LogP contribution < -0.4 is 10.0 Å². The second kappa shape index (κ2) is 11.5. The third-order valence-electron chi connectivity index (χ3n) is 4.39. The number of carbonyl (C=O) groups excluding carboxylic acids is 1. The van der Waals surface area contributed by atoms with E-state index in [1.54, 1.807) is 42.5 Å². The third kappa shape index (κ3) is 7.55. The van der Waals surface area contributed by atoms with Gasteiger partial charge in [0.15, 0.2) is 0 Å². The second-order valence-corrected chi connectivity index (χ2v) is 9.51. The van der Waals surface area contributed by atoms with Gasteiger partial charge in [0.25, 0.3) is 15.9 Å². The average Bonchev–Trinajstić information content (AvgIpc) is 2.79. The number of carbonyl (C=O) groups is 1. The van der Waals surface area contributed by atoms with E-state index in [1.807, 2.05) is 18.2 Å². The van der Waals surface area contributed by atoms with Crippen molar-refractivity contribution in [2.75, 3.05) is 17.0 Å². The van der Waals surface area contributed by atoms with Crippen molar-refractivity contribution in [3.8, 4) is 0 Å². The number of sulfonamides is 1. The van der Waals surface area contributed by atoms with Crippen molar-refractivity contribution in [2.24, 2.45) is 0 Å². The number of amides is 1. The Kier molecular flexibility index (Phi) is 8.47. The van der Waals surface area contributed by atoms with Gasteiger partial charge in [-0.3, -0.25) is 9.52 Å². The number of hydrogen-bond acceptors (Lipinski definition) is 4. The highest BCUT2D eigenvalue weighted by atomic mass is 32.2. The Balaban J connectivity index is 1.44. The number of halogens is 1. The van der Waals surface area contributed by atoms with Crippen molar-refractivity contribution in [3.63, 3.8) is 0 Å². The summed E-state index contributed by atoms with van der Waals surface area (Å²) in [5.41, 5.74) is 2.20. The van der Waals surface area contributed by atoms with Gasteiger partial charge in [0, 0.05) is 29.3 Å².